The maximum atomic E-state index is 5.80. The van der Waals surface area contributed by atoms with Crippen molar-refractivity contribution in [2.24, 2.45) is 5.84 Å². The molecule has 4 nitrogen and oxygen atoms in total. The number of hydrazine groups is 1. The number of nitrogens with two attached hydrogens (primary N) is 1. The zero-order chi connectivity index (χ0) is 14.2. The van der Waals surface area contributed by atoms with Crippen molar-refractivity contribution in [3.63, 3.8) is 0 Å². The Morgan fingerprint density at radius 1 is 1.50 bits per heavy atom. The molecular formula is C15H21BrN2O2. The molecule has 1 unspecified atom stereocenters. The van der Waals surface area contributed by atoms with E-state index >= 15 is 0 Å². The van der Waals surface area contributed by atoms with Crippen LogP contribution in [0.1, 0.15) is 30.4 Å². The van der Waals surface area contributed by atoms with E-state index in [0.29, 0.717) is 0 Å². The first-order valence-corrected chi connectivity index (χ1v) is 7.93. The molecule has 1 fully saturated rings. The van der Waals surface area contributed by atoms with Crippen LogP contribution in [-0.2, 0) is 17.6 Å². The van der Waals surface area contributed by atoms with E-state index in [1.165, 1.54) is 17.5 Å². The third kappa shape index (κ3) is 2.37. The predicted octanol–water partition coefficient (Wildman–Crippen LogP) is 2.33. The number of halogens is 1. The van der Waals surface area contributed by atoms with Crippen LogP contribution in [-0.4, -0.2) is 25.4 Å². The van der Waals surface area contributed by atoms with Gasteiger partial charge >= 0.3 is 0 Å². The second-order valence-corrected chi connectivity index (χ2v) is 6.61. The molecule has 110 valence electrons. The minimum Gasteiger partial charge on any atom is -0.493 e. The standard InChI is InChI=1S/C15H21BrN2O2/c1-19-15(4-2-5-15)13(18-17)9-11-8-12(16)7-10-3-6-20-14(10)11/h7-8,13,18H,2-6,9,17H2,1H3. The summed E-state index contributed by atoms with van der Waals surface area (Å²) < 4.78 is 12.7. The van der Waals surface area contributed by atoms with E-state index in [0.717, 1.165) is 42.5 Å². The van der Waals surface area contributed by atoms with E-state index in [-0.39, 0.29) is 11.6 Å². The lowest BCUT2D eigenvalue weighted by atomic mass is 9.72. The quantitative estimate of drug-likeness (QED) is 0.638. The van der Waals surface area contributed by atoms with Gasteiger partial charge in [0.15, 0.2) is 0 Å². The van der Waals surface area contributed by atoms with Crippen molar-refractivity contribution in [1.82, 2.24) is 5.43 Å². The largest absolute Gasteiger partial charge is 0.493 e. The topological polar surface area (TPSA) is 56.5 Å². The summed E-state index contributed by atoms with van der Waals surface area (Å²) in [5.74, 6) is 6.83. The van der Waals surface area contributed by atoms with Gasteiger partial charge in [0.2, 0.25) is 0 Å². The minimum atomic E-state index is -0.122. The molecular weight excluding hydrogens is 320 g/mol. The Balaban J connectivity index is 1.86. The van der Waals surface area contributed by atoms with Gasteiger partial charge in [0.1, 0.15) is 5.75 Å². The maximum Gasteiger partial charge on any atom is 0.125 e. The van der Waals surface area contributed by atoms with Crippen LogP contribution in [0.5, 0.6) is 5.75 Å². The number of rotatable bonds is 5. The molecule has 2 aliphatic rings. The van der Waals surface area contributed by atoms with Crippen molar-refractivity contribution in [2.75, 3.05) is 13.7 Å². The summed E-state index contributed by atoms with van der Waals surface area (Å²) in [5, 5.41) is 0. The summed E-state index contributed by atoms with van der Waals surface area (Å²) in [6, 6.07) is 4.40. The molecule has 0 bridgehead atoms. The highest BCUT2D eigenvalue weighted by Gasteiger charge is 2.44. The van der Waals surface area contributed by atoms with Gasteiger partial charge in [0.05, 0.1) is 18.2 Å². The monoisotopic (exact) mass is 340 g/mol. The summed E-state index contributed by atoms with van der Waals surface area (Å²) in [4.78, 5) is 0. The van der Waals surface area contributed by atoms with Crippen LogP contribution in [0.2, 0.25) is 0 Å². The molecule has 3 rings (SSSR count). The fourth-order valence-electron chi connectivity index (χ4n) is 3.33. The number of hydrogen-bond donors (Lipinski definition) is 2. The SMILES string of the molecule is COC1(C(Cc2cc(Br)cc3c2OCC3)NN)CCC1. The van der Waals surface area contributed by atoms with Gasteiger partial charge in [-0.3, -0.25) is 11.3 Å². The molecule has 3 N–H and O–H groups in total. The zero-order valence-corrected chi connectivity index (χ0v) is 13.3. The number of nitrogens with one attached hydrogen (secondary N) is 1. The lowest BCUT2D eigenvalue weighted by molar-refractivity contribution is -0.0982. The van der Waals surface area contributed by atoms with E-state index in [9.17, 15) is 0 Å². The van der Waals surface area contributed by atoms with E-state index in [1.807, 2.05) is 0 Å². The molecule has 0 aromatic heterocycles. The molecule has 1 saturated carbocycles. The number of benzene rings is 1. The van der Waals surface area contributed by atoms with Gasteiger partial charge in [-0.15, -0.1) is 0 Å². The molecule has 0 amide bonds. The highest BCUT2D eigenvalue weighted by atomic mass is 79.9. The molecule has 1 aliphatic carbocycles. The second kappa shape index (κ2) is 5.64. The molecule has 5 heteroatoms. The summed E-state index contributed by atoms with van der Waals surface area (Å²) >= 11 is 3.59. The first-order valence-electron chi connectivity index (χ1n) is 7.14. The van der Waals surface area contributed by atoms with Crippen molar-refractivity contribution in [3.05, 3.63) is 27.7 Å². The molecule has 0 spiro atoms. The van der Waals surface area contributed by atoms with Crippen molar-refractivity contribution >= 4 is 15.9 Å². The van der Waals surface area contributed by atoms with Crippen LogP contribution >= 0.6 is 15.9 Å². The average molecular weight is 341 g/mol. The first-order chi connectivity index (χ1) is 9.68. The van der Waals surface area contributed by atoms with Crippen LogP contribution in [0.3, 0.4) is 0 Å². The Bertz CT molecular complexity index is 497. The molecule has 1 heterocycles. The van der Waals surface area contributed by atoms with E-state index in [4.69, 9.17) is 15.3 Å². The van der Waals surface area contributed by atoms with Crippen molar-refractivity contribution in [3.8, 4) is 5.75 Å². The van der Waals surface area contributed by atoms with Crippen LogP contribution < -0.4 is 16.0 Å². The van der Waals surface area contributed by atoms with Crippen molar-refractivity contribution in [1.29, 1.82) is 0 Å². The van der Waals surface area contributed by atoms with E-state index in [2.05, 4.69) is 33.5 Å². The number of ether oxygens (including phenoxy) is 2. The van der Waals surface area contributed by atoms with Crippen LogP contribution in [0.25, 0.3) is 0 Å². The smallest absolute Gasteiger partial charge is 0.125 e. The molecule has 1 aromatic rings. The Hall–Kier alpha value is -0.620. The van der Waals surface area contributed by atoms with Crippen molar-refractivity contribution in [2.45, 2.75) is 43.7 Å². The summed E-state index contributed by atoms with van der Waals surface area (Å²) in [6.07, 6.45) is 5.15. The van der Waals surface area contributed by atoms with Gasteiger partial charge in [0.25, 0.3) is 0 Å². The van der Waals surface area contributed by atoms with Gasteiger partial charge in [-0.05, 0) is 48.9 Å². The lowest BCUT2D eigenvalue weighted by Gasteiger charge is -2.46. The zero-order valence-electron chi connectivity index (χ0n) is 11.7. The number of fused-ring (bicyclic) bond motifs is 1. The van der Waals surface area contributed by atoms with Gasteiger partial charge in [-0.25, -0.2) is 0 Å². The fourth-order valence-corrected chi connectivity index (χ4v) is 3.89. The highest BCUT2D eigenvalue weighted by molar-refractivity contribution is 9.10. The Morgan fingerprint density at radius 2 is 2.30 bits per heavy atom. The first kappa shape index (κ1) is 14.3. The summed E-state index contributed by atoms with van der Waals surface area (Å²) in [5.41, 5.74) is 5.33. The molecule has 20 heavy (non-hydrogen) atoms. The Kier molecular flexibility index (Phi) is 4.04. The van der Waals surface area contributed by atoms with Gasteiger partial charge in [-0.2, -0.15) is 0 Å². The summed E-state index contributed by atoms with van der Waals surface area (Å²) in [6.45, 7) is 0.773. The third-order valence-electron chi connectivity index (χ3n) is 4.69. The molecule has 0 radical (unpaired) electrons. The lowest BCUT2D eigenvalue weighted by Crippen LogP contribution is -2.59. The third-order valence-corrected chi connectivity index (χ3v) is 5.15. The van der Waals surface area contributed by atoms with Gasteiger partial charge in [-0.1, -0.05) is 15.9 Å². The second-order valence-electron chi connectivity index (χ2n) is 5.70. The van der Waals surface area contributed by atoms with E-state index in [1.54, 1.807) is 7.11 Å². The molecule has 0 saturated heterocycles. The van der Waals surface area contributed by atoms with Crippen LogP contribution in [0.4, 0.5) is 0 Å². The normalized spacial score (nSPS) is 20.9. The predicted molar refractivity (Wildman–Crippen MR) is 81.7 cm³/mol. The van der Waals surface area contributed by atoms with E-state index < -0.39 is 0 Å². The average Bonchev–Trinajstić information content (AvgIpc) is 2.84. The number of hydrogen-bond acceptors (Lipinski definition) is 4. The van der Waals surface area contributed by atoms with Crippen LogP contribution in [0, 0.1) is 0 Å². The van der Waals surface area contributed by atoms with Gasteiger partial charge < -0.3 is 9.47 Å². The Labute approximate surface area is 128 Å². The van der Waals surface area contributed by atoms with Crippen LogP contribution in [0.15, 0.2) is 16.6 Å². The molecule has 1 aliphatic heterocycles. The fraction of sp³-hybridized carbons (Fsp3) is 0.600. The molecule has 1 atom stereocenters. The van der Waals surface area contributed by atoms with Gasteiger partial charge in [0, 0.05) is 18.0 Å². The number of methoxy groups -OCH3 is 1. The maximum absolute atomic E-state index is 5.80. The minimum absolute atomic E-state index is 0.115. The molecule has 1 aromatic carbocycles. The summed E-state index contributed by atoms with van der Waals surface area (Å²) in [7, 11) is 1.78. The van der Waals surface area contributed by atoms with Crippen molar-refractivity contribution < 1.29 is 9.47 Å². The Morgan fingerprint density at radius 3 is 2.90 bits per heavy atom. The highest BCUT2D eigenvalue weighted by Crippen LogP contribution is 2.41.